The molecule has 1 aliphatic carbocycles. The zero-order chi connectivity index (χ0) is 12.3. The van der Waals surface area contributed by atoms with Crippen molar-refractivity contribution in [2.45, 2.75) is 31.8 Å². The van der Waals surface area contributed by atoms with Crippen molar-refractivity contribution in [3.05, 3.63) is 24.5 Å². The predicted octanol–water partition coefficient (Wildman–Crippen LogP) is 1.60. The van der Waals surface area contributed by atoms with Crippen molar-refractivity contribution in [2.24, 2.45) is 5.92 Å². The van der Waals surface area contributed by atoms with Crippen LogP contribution in [0.25, 0.3) is 0 Å². The molecule has 4 heteroatoms. The Hall–Kier alpha value is -1.42. The second-order valence-electron chi connectivity index (χ2n) is 4.61. The van der Waals surface area contributed by atoms with Gasteiger partial charge in [-0.15, -0.1) is 0 Å². The highest BCUT2D eigenvalue weighted by Gasteiger charge is 2.27. The number of pyridine rings is 1. The van der Waals surface area contributed by atoms with E-state index in [1.165, 1.54) is 0 Å². The first-order valence-corrected chi connectivity index (χ1v) is 6.04. The van der Waals surface area contributed by atoms with Gasteiger partial charge >= 0.3 is 0 Å². The number of carbonyl (C=O) groups excluding carboxylic acids is 1. The van der Waals surface area contributed by atoms with Crippen LogP contribution in [0, 0.1) is 5.92 Å². The van der Waals surface area contributed by atoms with Crippen LogP contribution >= 0.6 is 0 Å². The first kappa shape index (κ1) is 12.0. The Kier molecular flexibility index (Phi) is 3.74. The molecule has 0 aliphatic heterocycles. The van der Waals surface area contributed by atoms with Gasteiger partial charge in [0.15, 0.2) is 0 Å². The van der Waals surface area contributed by atoms with E-state index in [1.54, 1.807) is 24.3 Å². The summed E-state index contributed by atoms with van der Waals surface area (Å²) >= 11 is 0. The molecule has 0 spiro atoms. The highest BCUT2D eigenvalue weighted by Crippen LogP contribution is 2.27. The molecule has 0 aromatic carbocycles. The molecule has 0 atom stereocenters. The van der Waals surface area contributed by atoms with Gasteiger partial charge in [-0.3, -0.25) is 9.78 Å². The Bertz CT molecular complexity index is 372. The summed E-state index contributed by atoms with van der Waals surface area (Å²) in [5.74, 6) is 0.175. The van der Waals surface area contributed by atoms with E-state index < -0.39 is 0 Å². The summed E-state index contributed by atoms with van der Waals surface area (Å²) in [5, 5.41) is 9.43. The van der Waals surface area contributed by atoms with Gasteiger partial charge in [0.25, 0.3) is 0 Å². The molecule has 1 aromatic heterocycles. The van der Waals surface area contributed by atoms with E-state index in [0.29, 0.717) is 0 Å². The van der Waals surface area contributed by atoms with E-state index in [9.17, 15) is 9.90 Å². The van der Waals surface area contributed by atoms with Crippen LogP contribution in [0.15, 0.2) is 24.5 Å². The quantitative estimate of drug-likeness (QED) is 0.845. The average molecular weight is 234 g/mol. The Morgan fingerprint density at radius 1 is 1.41 bits per heavy atom. The lowest BCUT2D eigenvalue weighted by atomic mass is 9.86. The third-order valence-corrected chi connectivity index (χ3v) is 3.41. The van der Waals surface area contributed by atoms with Crippen molar-refractivity contribution in [1.82, 2.24) is 4.98 Å². The highest BCUT2D eigenvalue weighted by atomic mass is 16.3. The van der Waals surface area contributed by atoms with Gasteiger partial charge in [0.2, 0.25) is 5.91 Å². The topological polar surface area (TPSA) is 53.4 Å². The summed E-state index contributed by atoms with van der Waals surface area (Å²) in [6.07, 6.45) is 6.20. The van der Waals surface area contributed by atoms with E-state index >= 15 is 0 Å². The minimum Gasteiger partial charge on any atom is -0.393 e. The molecule has 92 valence electrons. The molecule has 1 heterocycles. The maximum atomic E-state index is 12.2. The molecule has 1 aliphatic rings. The van der Waals surface area contributed by atoms with Crippen molar-refractivity contribution in [3.63, 3.8) is 0 Å². The van der Waals surface area contributed by atoms with Crippen LogP contribution in [0.5, 0.6) is 0 Å². The minimum absolute atomic E-state index is 0.0450. The van der Waals surface area contributed by atoms with Crippen molar-refractivity contribution in [3.8, 4) is 0 Å². The molecule has 1 saturated carbocycles. The molecule has 0 radical (unpaired) electrons. The zero-order valence-corrected chi connectivity index (χ0v) is 10.0. The van der Waals surface area contributed by atoms with Gasteiger partial charge in [-0.25, -0.2) is 0 Å². The van der Waals surface area contributed by atoms with Gasteiger partial charge in [-0.05, 0) is 37.8 Å². The number of aromatic nitrogens is 1. The van der Waals surface area contributed by atoms with Crippen molar-refractivity contribution in [1.29, 1.82) is 0 Å². The van der Waals surface area contributed by atoms with E-state index in [-0.39, 0.29) is 17.9 Å². The third kappa shape index (κ3) is 2.82. The van der Waals surface area contributed by atoms with Crippen LogP contribution in [0.1, 0.15) is 25.7 Å². The summed E-state index contributed by atoms with van der Waals surface area (Å²) in [6, 6.07) is 3.70. The number of amides is 1. The number of carbonyl (C=O) groups is 1. The highest BCUT2D eigenvalue weighted by molar-refractivity contribution is 5.94. The summed E-state index contributed by atoms with van der Waals surface area (Å²) in [5.41, 5.74) is 0.823. The molecule has 0 bridgehead atoms. The molecule has 4 nitrogen and oxygen atoms in total. The number of nitrogens with zero attached hydrogens (tertiary/aromatic N) is 2. The largest absolute Gasteiger partial charge is 0.393 e. The van der Waals surface area contributed by atoms with Crippen LogP contribution in [0.4, 0.5) is 5.69 Å². The maximum Gasteiger partial charge on any atom is 0.229 e. The van der Waals surface area contributed by atoms with Gasteiger partial charge in [0.1, 0.15) is 0 Å². The SMILES string of the molecule is CN(C(=O)C1CCC(O)CC1)c1cccnc1. The summed E-state index contributed by atoms with van der Waals surface area (Å²) in [6.45, 7) is 0. The van der Waals surface area contributed by atoms with Crippen LogP contribution in [0.3, 0.4) is 0 Å². The molecule has 1 N–H and O–H groups in total. The Morgan fingerprint density at radius 3 is 2.71 bits per heavy atom. The first-order chi connectivity index (χ1) is 8.18. The molecule has 1 fully saturated rings. The van der Waals surface area contributed by atoms with E-state index in [4.69, 9.17) is 0 Å². The molecular weight excluding hydrogens is 216 g/mol. The van der Waals surface area contributed by atoms with Gasteiger partial charge in [0.05, 0.1) is 18.0 Å². The molecule has 17 heavy (non-hydrogen) atoms. The van der Waals surface area contributed by atoms with Crippen LogP contribution in [-0.2, 0) is 4.79 Å². The Morgan fingerprint density at radius 2 is 2.12 bits per heavy atom. The fourth-order valence-corrected chi connectivity index (χ4v) is 2.28. The fraction of sp³-hybridized carbons (Fsp3) is 0.538. The smallest absolute Gasteiger partial charge is 0.229 e. The molecular formula is C13H18N2O2. The predicted molar refractivity (Wildman–Crippen MR) is 65.6 cm³/mol. The van der Waals surface area contributed by atoms with Crippen LogP contribution in [-0.4, -0.2) is 29.1 Å². The van der Waals surface area contributed by atoms with Crippen LogP contribution < -0.4 is 4.90 Å². The molecule has 0 unspecified atom stereocenters. The number of aliphatic hydroxyl groups is 1. The fourth-order valence-electron chi connectivity index (χ4n) is 2.28. The van der Waals surface area contributed by atoms with E-state index in [0.717, 1.165) is 31.4 Å². The first-order valence-electron chi connectivity index (χ1n) is 6.04. The van der Waals surface area contributed by atoms with Gasteiger partial charge in [-0.2, -0.15) is 0 Å². The van der Waals surface area contributed by atoms with Crippen LogP contribution in [0.2, 0.25) is 0 Å². The summed E-state index contributed by atoms with van der Waals surface area (Å²) in [7, 11) is 1.78. The molecule has 0 saturated heterocycles. The lowest BCUT2D eigenvalue weighted by Gasteiger charge is -2.28. The third-order valence-electron chi connectivity index (χ3n) is 3.41. The second-order valence-corrected chi connectivity index (χ2v) is 4.61. The summed E-state index contributed by atoms with van der Waals surface area (Å²) in [4.78, 5) is 17.9. The normalized spacial score (nSPS) is 24.4. The van der Waals surface area contributed by atoms with E-state index in [2.05, 4.69) is 4.98 Å². The molecule has 2 rings (SSSR count). The van der Waals surface area contributed by atoms with Gasteiger partial charge in [0, 0.05) is 19.2 Å². The Labute approximate surface area is 101 Å². The molecule has 1 amide bonds. The van der Waals surface area contributed by atoms with Gasteiger partial charge in [-0.1, -0.05) is 0 Å². The minimum atomic E-state index is -0.220. The van der Waals surface area contributed by atoms with E-state index in [1.807, 2.05) is 12.1 Å². The van der Waals surface area contributed by atoms with Crippen molar-refractivity contribution < 1.29 is 9.90 Å². The number of aliphatic hydroxyl groups excluding tert-OH is 1. The maximum absolute atomic E-state index is 12.2. The number of hydrogen-bond acceptors (Lipinski definition) is 3. The average Bonchev–Trinajstić information content (AvgIpc) is 2.39. The standard InChI is InChI=1S/C13H18N2O2/c1-15(11-3-2-8-14-9-11)13(17)10-4-6-12(16)7-5-10/h2-3,8-10,12,16H,4-7H2,1H3. The second kappa shape index (κ2) is 5.27. The zero-order valence-electron chi connectivity index (χ0n) is 10.0. The Balaban J connectivity index is 2.00. The van der Waals surface area contributed by atoms with Crippen molar-refractivity contribution >= 4 is 11.6 Å². The summed E-state index contributed by atoms with van der Waals surface area (Å²) < 4.78 is 0. The van der Waals surface area contributed by atoms with Gasteiger partial charge < -0.3 is 10.0 Å². The van der Waals surface area contributed by atoms with Crippen molar-refractivity contribution in [2.75, 3.05) is 11.9 Å². The lowest BCUT2D eigenvalue weighted by Crippen LogP contribution is -2.35. The lowest BCUT2D eigenvalue weighted by molar-refractivity contribution is -0.123. The number of hydrogen-bond donors (Lipinski definition) is 1. The monoisotopic (exact) mass is 234 g/mol. The number of anilines is 1. The molecule has 1 aromatic rings. The number of rotatable bonds is 2.